The first-order valence-electron chi connectivity index (χ1n) is 5.88. The van der Waals surface area contributed by atoms with Gasteiger partial charge >= 0.3 is 0 Å². The lowest BCUT2D eigenvalue weighted by atomic mass is 9.90. The maximum Gasteiger partial charge on any atom is 0.169 e. The SMILES string of the molecule is CCCOC1C(=O)CC1Oc1ccc(F)c(Br)c1. The topological polar surface area (TPSA) is 35.5 Å². The first-order valence-corrected chi connectivity index (χ1v) is 6.67. The lowest BCUT2D eigenvalue weighted by Gasteiger charge is -2.34. The maximum absolute atomic E-state index is 13.1. The third-order valence-electron chi connectivity index (χ3n) is 2.74. The van der Waals surface area contributed by atoms with E-state index >= 15 is 0 Å². The van der Waals surface area contributed by atoms with Crippen molar-refractivity contribution >= 4 is 21.7 Å². The second kappa shape index (κ2) is 5.80. The monoisotopic (exact) mass is 316 g/mol. The molecule has 0 spiro atoms. The van der Waals surface area contributed by atoms with Crippen LogP contribution in [-0.2, 0) is 9.53 Å². The number of Topliss-reactive ketones (excluding diaryl/α,β-unsaturated/α-hetero) is 1. The van der Waals surface area contributed by atoms with Crippen molar-refractivity contribution in [3.63, 3.8) is 0 Å². The van der Waals surface area contributed by atoms with Crippen LogP contribution in [0.5, 0.6) is 5.75 Å². The summed E-state index contributed by atoms with van der Waals surface area (Å²) in [6, 6.07) is 4.41. The number of hydrogen-bond donors (Lipinski definition) is 0. The van der Waals surface area contributed by atoms with Crippen LogP contribution in [-0.4, -0.2) is 24.6 Å². The third kappa shape index (κ3) is 2.90. The van der Waals surface area contributed by atoms with Crippen molar-refractivity contribution in [2.45, 2.75) is 32.0 Å². The van der Waals surface area contributed by atoms with Crippen LogP contribution in [0.1, 0.15) is 19.8 Å². The van der Waals surface area contributed by atoms with E-state index in [-0.39, 0.29) is 17.7 Å². The summed E-state index contributed by atoms with van der Waals surface area (Å²) in [5.41, 5.74) is 0. The second-order valence-electron chi connectivity index (χ2n) is 4.19. The Morgan fingerprint density at radius 2 is 2.28 bits per heavy atom. The molecule has 1 saturated carbocycles. The highest BCUT2D eigenvalue weighted by molar-refractivity contribution is 9.10. The van der Waals surface area contributed by atoms with E-state index in [9.17, 15) is 9.18 Å². The van der Waals surface area contributed by atoms with Gasteiger partial charge in [-0.05, 0) is 40.5 Å². The van der Waals surface area contributed by atoms with Gasteiger partial charge in [0.05, 0.1) is 4.47 Å². The maximum atomic E-state index is 13.1. The van der Waals surface area contributed by atoms with Crippen LogP contribution in [0.3, 0.4) is 0 Å². The number of benzene rings is 1. The van der Waals surface area contributed by atoms with Crippen LogP contribution in [0.2, 0.25) is 0 Å². The van der Waals surface area contributed by atoms with Crippen molar-refractivity contribution in [2.24, 2.45) is 0 Å². The predicted molar refractivity (Wildman–Crippen MR) is 68.2 cm³/mol. The van der Waals surface area contributed by atoms with E-state index in [1.54, 1.807) is 12.1 Å². The number of rotatable bonds is 5. The van der Waals surface area contributed by atoms with Gasteiger partial charge in [-0.3, -0.25) is 4.79 Å². The fraction of sp³-hybridized carbons (Fsp3) is 0.462. The van der Waals surface area contributed by atoms with Crippen LogP contribution in [0.25, 0.3) is 0 Å². The Hall–Kier alpha value is -0.940. The van der Waals surface area contributed by atoms with E-state index in [1.165, 1.54) is 6.07 Å². The number of hydrogen-bond acceptors (Lipinski definition) is 3. The zero-order valence-corrected chi connectivity index (χ0v) is 11.6. The van der Waals surface area contributed by atoms with Gasteiger partial charge in [-0.1, -0.05) is 6.92 Å². The van der Waals surface area contributed by atoms with Gasteiger partial charge in [0.2, 0.25) is 0 Å². The van der Waals surface area contributed by atoms with Gasteiger partial charge in [0.15, 0.2) is 11.9 Å². The number of ether oxygens (including phenoxy) is 2. The number of halogens is 2. The van der Waals surface area contributed by atoms with Crippen molar-refractivity contribution in [3.05, 3.63) is 28.5 Å². The molecular weight excluding hydrogens is 303 g/mol. The smallest absolute Gasteiger partial charge is 0.169 e. The summed E-state index contributed by atoms with van der Waals surface area (Å²) in [5.74, 6) is 0.256. The van der Waals surface area contributed by atoms with E-state index in [0.29, 0.717) is 23.2 Å². The summed E-state index contributed by atoms with van der Waals surface area (Å²) in [4.78, 5) is 11.4. The summed E-state index contributed by atoms with van der Waals surface area (Å²) < 4.78 is 24.4. The Morgan fingerprint density at radius 1 is 1.50 bits per heavy atom. The summed E-state index contributed by atoms with van der Waals surface area (Å²) in [5, 5.41) is 0. The second-order valence-corrected chi connectivity index (χ2v) is 5.05. The normalized spacial score (nSPS) is 22.7. The molecule has 0 bridgehead atoms. The molecule has 0 N–H and O–H groups in total. The largest absolute Gasteiger partial charge is 0.487 e. The van der Waals surface area contributed by atoms with Crippen LogP contribution < -0.4 is 4.74 Å². The minimum atomic E-state index is -0.478. The molecule has 0 radical (unpaired) electrons. The molecule has 2 unspecified atom stereocenters. The minimum absolute atomic E-state index is 0.0645. The van der Waals surface area contributed by atoms with Gasteiger partial charge in [-0.2, -0.15) is 0 Å². The molecule has 3 nitrogen and oxygen atoms in total. The highest BCUT2D eigenvalue weighted by Gasteiger charge is 2.42. The molecule has 2 atom stereocenters. The van der Waals surface area contributed by atoms with Crippen LogP contribution >= 0.6 is 15.9 Å². The van der Waals surface area contributed by atoms with Gasteiger partial charge in [0.25, 0.3) is 0 Å². The Kier molecular flexibility index (Phi) is 4.35. The van der Waals surface area contributed by atoms with Crippen molar-refractivity contribution < 1.29 is 18.7 Å². The summed E-state index contributed by atoms with van der Waals surface area (Å²) in [7, 11) is 0. The lowest BCUT2D eigenvalue weighted by molar-refractivity contribution is -0.154. The van der Waals surface area contributed by atoms with Gasteiger partial charge in [-0.25, -0.2) is 4.39 Å². The van der Waals surface area contributed by atoms with Crippen LogP contribution in [0.15, 0.2) is 22.7 Å². The van der Waals surface area contributed by atoms with Crippen molar-refractivity contribution in [2.75, 3.05) is 6.61 Å². The zero-order chi connectivity index (χ0) is 13.1. The van der Waals surface area contributed by atoms with Gasteiger partial charge in [0, 0.05) is 13.0 Å². The Labute approximate surface area is 113 Å². The molecule has 5 heteroatoms. The molecule has 0 amide bonds. The molecule has 18 heavy (non-hydrogen) atoms. The third-order valence-corrected chi connectivity index (χ3v) is 3.35. The summed E-state index contributed by atoms with van der Waals surface area (Å²) >= 11 is 3.09. The number of carbonyl (C=O) groups excluding carboxylic acids is 1. The highest BCUT2D eigenvalue weighted by Crippen LogP contribution is 2.28. The van der Waals surface area contributed by atoms with E-state index in [4.69, 9.17) is 9.47 Å². The van der Waals surface area contributed by atoms with Crippen LogP contribution in [0, 0.1) is 5.82 Å². The van der Waals surface area contributed by atoms with Gasteiger partial charge in [0.1, 0.15) is 17.7 Å². The Bertz CT molecular complexity index is 450. The van der Waals surface area contributed by atoms with E-state index in [2.05, 4.69) is 15.9 Å². The Morgan fingerprint density at radius 3 is 2.89 bits per heavy atom. The molecule has 0 heterocycles. The van der Waals surface area contributed by atoms with Crippen LogP contribution in [0.4, 0.5) is 4.39 Å². The first kappa shape index (κ1) is 13.5. The van der Waals surface area contributed by atoms with Crippen molar-refractivity contribution in [1.82, 2.24) is 0 Å². The molecule has 0 aliphatic heterocycles. The van der Waals surface area contributed by atoms with Gasteiger partial charge in [-0.15, -0.1) is 0 Å². The highest BCUT2D eigenvalue weighted by atomic mass is 79.9. The van der Waals surface area contributed by atoms with Crippen molar-refractivity contribution in [1.29, 1.82) is 0 Å². The molecular formula is C13H14BrFO3. The zero-order valence-electron chi connectivity index (χ0n) is 9.99. The number of carbonyl (C=O) groups is 1. The molecule has 98 valence electrons. The fourth-order valence-electron chi connectivity index (χ4n) is 1.74. The quantitative estimate of drug-likeness (QED) is 0.837. The van der Waals surface area contributed by atoms with E-state index < -0.39 is 6.10 Å². The molecule has 0 saturated heterocycles. The fourth-order valence-corrected chi connectivity index (χ4v) is 2.10. The van der Waals surface area contributed by atoms with E-state index in [0.717, 1.165) is 6.42 Å². The first-order chi connectivity index (χ1) is 8.61. The molecule has 1 aliphatic rings. The minimum Gasteiger partial charge on any atom is -0.487 e. The molecule has 1 aromatic carbocycles. The molecule has 1 aromatic rings. The summed E-state index contributed by atoms with van der Waals surface area (Å²) in [6.45, 7) is 2.53. The Balaban J connectivity index is 1.96. The summed E-state index contributed by atoms with van der Waals surface area (Å²) in [6.07, 6.45) is 0.470. The number of ketones is 1. The van der Waals surface area contributed by atoms with Gasteiger partial charge < -0.3 is 9.47 Å². The molecule has 1 aliphatic carbocycles. The predicted octanol–water partition coefficient (Wildman–Crippen LogP) is 3.10. The average molecular weight is 317 g/mol. The molecule has 1 fully saturated rings. The lowest BCUT2D eigenvalue weighted by Crippen LogP contribution is -2.52. The van der Waals surface area contributed by atoms with Crippen molar-refractivity contribution in [3.8, 4) is 5.75 Å². The van der Waals surface area contributed by atoms with E-state index in [1.807, 2.05) is 6.92 Å². The average Bonchev–Trinajstić information content (AvgIpc) is 2.33. The molecule has 0 aromatic heterocycles. The molecule has 2 rings (SSSR count). The standard InChI is InChI=1S/C13H14BrFO3/c1-2-5-17-13-11(16)7-12(13)18-8-3-4-10(15)9(14)6-8/h3-4,6,12-13H,2,5,7H2,1H3.